The smallest absolute Gasteiger partial charge is 0.311 e. The molecular formula is C29H40O5. The molecule has 34 heavy (non-hydrogen) atoms. The van der Waals surface area contributed by atoms with Gasteiger partial charge in [-0.15, -0.1) is 0 Å². The summed E-state index contributed by atoms with van der Waals surface area (Å²) in [6.45, 7) is 4.78. The maximum absolute atomic E-state index is 12.2. The Morgan fingerprint density at radius 1 is 0.941 bits per heavy atom. The molecule has 0 saturated carbocycles. The van der Waals surface area contributed by atoms with Crippen molar-refractivity contribution in [1.29, 1.82) is 0 Å². The lowest BCUT2D eigenvalue weighted by Crippen LogP contribution is -2.15. The Morgan fingerprint density at radius 3 is 2.35 bits per heavy atom. The molecule has 1 aliphatic heterocycles. The van der Waals surface area contributed by atoms with Gasteiger partial charge in [-0.1, -0.05) is 64.4 Å². The first-order valence-electron chi connectivity index (χ1n) is 13.1. The van der Waals surface area contributed by atoms with Crippen LogP contribution in [0.3, 0.4) is 0 Å². The van der Waals surface area contributed by atoms with Gasteiger partial charge in [0.2, 0.25) is 0 Å². The minimum Gasteiger partial charge on any atom is -0.507 e. The fraction of sp³-hybridized carbons (Fsp3) is 0.552. The van der Waals surface area contributed by atoms with E-state index in [0.717, 1.165) is 42.7 Å². The second-order valence-electron chi connectivity index (χ2n) is 9.12. The van der Waals surface area contributed by atoms with Crippen LogP contribution in [-0.2, 0) is 11.2 Å². The number of carbonyl (C=O) groups excluding carboxylic acids is 1. The van der Waals surface area contributed by atoms with E-state index < -0.39 is 0 Å². The van der Waals surface area contributed by atoms with E-state index in [2.05, 4.69) is 6.92 Å². The molecule has 0 fully saturated rings. The first-order valence-corrected chi connectivity index (χ1v) is 13.1. The third-order valence-electron chi connectivity index (χ3n) is 6.36. The summed E-state index contributed by atoms with van der Waals surface area (Å²) in [4.78, 5) is 12.2. The molecule has 0 aromatic heterocycles. The Hall–Kier alpha value is -2.69. The monoisotopic (exact) mass is 468 g/mol. The van der Waals surface area contributed by atoms with E-state index >= 15 is 0 Å². The molecular weight excluding hydrogens is 428 g/mol. The second kappa shape index (κ2) is 13.9. The van der Waals surface area contributed by atoms with Gasteiger partial charge in [0.1, 0.15) is 29.1 Å². The topological polar surface area (TPSA) is 65.0 Å². The van der Waals surface area contributed by atoms with Gasteiger partial charge in [0.05, 0.1) is 6.61 Å². The number of benzene rings is 2. The van der Waals surface area contributed by atoms with Gasteiger partial charge >= 0.3 is 5.97 Å². The van der Waals surface area contributed by atoms with Crippen LogP contribution in [0, 0.1) is 0 Å². The zero-order valence-corrected chi connectivity index (χ0v) is 20.8. The van der Waals surface area contributed by atoms with Crippen molar-refractivity contribution in [3.63, 3.8) is 0 Å². The summed E-state index contributed by atoms with van der Waals surface area (Å²) in [5.41, 5.74) is 1.84. The van der Waals surface area contributed by atoms with Gasteiger partial charge in [0.15, 0.2) is 0 Å². The predicted octanol–water partition coefficient (Wildman–Crippen LogP) is 7.68. The Balaban J connectivity index is 1.43. The van der Waals surface area contributed by atoms with Crippen molar-refractivity contribution < 1.29 is 24.1 Å². The fourth-order valence-electron chi connectivity index (χ4n) is 4.45. The third kappa shape index (κ3) is 7.96. The van der Waals surface area contributed by atoms with E-state index in [0.29, 0.717) is 24.3 Å². The third-order valence-corrected chi connectivity index (χ3v) is 6.36. The SMILES string of the molecule is CCCCCCCCCCCC(=O)Oc1ccc(C2CCc3ccc(OCC)cc3O2)c(O)c1. The van der Waals surface area contributed by atoms with Gasteiger partial charge in [-0.25, -0.2) is 0 Å². The summed E-state index contributed by atoms with van der Waals surface area (Å²) in [5.74, 6) is 1.78. The Morgan fingerprint density at radius 2 is 1.65 bits per heavy atom. The number of aromatic hydroxyl groups is 1. The van der Waals surface area contributed by atoms with Crippen LogP contribution in [-0.4, -0.2) is 17.7 Å². The van der Waals surface area contributed by atoms with E-state index in [1.54, 1.807) is 12.1 Å². The maximum atomic E-state index is 12.2. The number of hydrogen-bond donors (Lipinski definition) is 1. The number of phenols is 1. The molecule has 3 rings (SSSR count). The number of ether oxygens (including phenoxy) is 3. The number of aryl methyl sites for hydroxylation is 1. The van der Waals surface area contributed by atoms with Crippen molar-refractivity contribution >= 4 is 5.97 Å². The second-order valence-corrected chi connectivity index (χ2v) is 9.12. The largest absolute Gasteiger partial charge is 0.507 e. The van der Waals surface area contributed by atoms with Crippen LogP contribution >= 0.6 is 0 Å². The maximum Gasteiger partial charge on any atom is 0.311 e. The summed E-state index contributed by atoms with van der Waals surface area (Å²) in [6, 6.07) is 10.9. The van der Waals surface area contributed by atoms with Crippen molar-refractivity contribution in [3.8, 4) is 23.0 Å². The highest BCUT2D eigenvalue weighted by Crippen LogP contribution is 2.40. The molecule has 2 aromatic rings. The summed E-state index contributed by atoms with van der Waals surface area (Å²) >= 11 is 0. The Labute approximate surface area is 204 Å². The summed E-state index contributed by atoms with van der Waals surface area (Å²) in [7, 11) is 0. The number of rotatable bonds is 14. The average molecular weight is 469 g/mol. The van der Waals surface area contributed by atoms with Crippen LogP contribution in [0.2, 0.25) is 0 Å². The number of carbonyl (C=O) groups is 1. The highest BCUT2D eigenvalue weighted by molar-refractivity contribution is 5.72. The van der Waals surface area contributed by atoms with Gasteiger partial charge in [-0.3, -0.25) is 4.79 Å². The van der Waals surface area contributed by atoms with Crippen molar-refractivity contribution in [3.05, 3.63) is 47.5 Å². The molecule has 0 saturated heterocycles. The summed E-state index contributed by atoms with van der Waals surface area (Å²) in [5, 5.41) is 10.6. The zero-order chi connectivity index (χ0) is 24.2. The van der Waals surface area contributed by atoms with Crippen molar-refractivity contribution in [2.75, 3.05) is 6.61 Å². The quantitative estimate of drug-likeness (QED) is 0.175. The molecule has 1 unspecified atom stereocenters. The Bertz CT molecular complexity index is 907. The highest BCUT2D eigenvalue weighted by Gasteiger charge is 2.24. The molecule has 5 nitrogen and oxygen atoms in total. The van der Waals surface area contributed by atoms with Crippen molar-refractivity contribution in [2.45, 2.75) is 97.0 Å². The van der Waals surface area contributed by atoms with Crippen LogP contribution in [0.1, 0.15) is 102 Å². The molecule has 1 atom stereocenters. The number of esters is 1. The minimum atomic E-state index is -0.254. The molecule has 0 aliphatic carbocycles. The van der Waals surface area contributed by atoms with Crippen LogP contribution in [0.25, 0.3) is 0 Å². The van der Waals surface area contributed by atoms with E-state index in [-0.39, 0.29) is 17.8 Å². The van der Waals surface area contributed by atoms with Gasteiger partial charge in [-0.2, -0.15) is 0 Å². The van der Waals surface area contributed by atoms with Gasteiger partial charge in [-0.05, 0) is 49.9 Å². The van der Waals surface area contributed by atoms with E-state index in [4.69, 9.17) is 14.2 Å². The summed E-state index contributed by atoms with van der Waals surface area (Å²) < 4.78 is 17.2. The average Bonchev–Trinajstić information content (AvgIpc) is 2.83. The molecule has 0 spiro atoms. The lowest BCUT2D eigenvalue weighted by molar-refractivity contribution is -0.134. The van der Waals surface area contributed by atoms with Crippen molar-refractivity contribution in [2.24, 2.45) is 0 Å². The predicted molar refractivity (Wildman–Crippen MR) is 135 cm³/mol. The van der Waals surface area contributed by atoms with Crippen LogP contribution in [0.4, 0.5) is 0 Å². The van der Waals surface area contributed by atoms with Crippen molar-refractivity contribution in [1.82, 2.24) is 0 Å². The molecule has 5 heteroatoms. The van der Waals surface area contributed by atoms with Gasteiger partial charge in [0, 0.05) is 24.1 Å². The molecule has 1 heterocycles. The summed E-state index contributed by atoms with van der Waals surface area (Å²) in [6.07, 6.45) is 12.7. The molecule has 0 bridgehead atoms. The molecule has 1 aliphatic rings. The zero-order valence-electron chi connectivity index (χ0n) is 20.8. The Kier molecular flexibility index (Phi) is 10.6. The molecule has 1 N–H and O–H groups in total. The first-order chi connectivity index (χ1) is 16.6. The van der Waals surface area contributed by atoms with Crippen LogP contribution < -0.4 is 14.2 Å². The molecule has 0 amide bonds. The van der Waals surface area contributed by atoms with Gasteiger partial charge < -0.3 is 19.3 Å². The van der Waals surface area contributed by atoms with E-state index in [1.807, 2.05) is 25.1 Å². The first kappa shape index (κ1) is 25.9. The highest BCUT2D eigenvalue weighted by atomic mass is 16.5. The normalized spacial score (nSPS) is 14.8. The standard InChI is InChI=1S/C29H40O5/c1-3-5-6-7-8-9-10-11-12-13-29(31)33-24-17-18-25(26(30)20-24)27-19-15-22-14-16-23(32-4-2)21-28(22)34-27/h14,16-18,20-21,27,30H,3-13,15,19H2,1-2H3. The fourth-order valence-corrected chi connectivity index (χ4v) is 4.45. The van der Waals surface area contributed by atoms with Crippen LogP contribution in [0.5, 0.6) is 23.0 Å². The molecule has 0 radical (unpaired) electrons. The molecule has 2 aromatic carbocycles. The number of hydrogen-bond acceptors (Lipinski definition) is 5. The van der Waals surface area contributed by atoms with E-state index in [9.17, 15) is 9.90 Å². The van der Waals surface area contributed by atoms with E-state index in [1.165, 1.54) is 51.0 Å². The van der Waals surface area contributed by atoms with Gasteiger partial charge in [0.25, 0.3) is 0 Å². The molecule has 186 valence electrons. The number of unbranched alkanes of at least 4 members (excludes halogenated alkanes) is 8. The number of fused-ring (bicyclic) bond motifs is 1. The minimum absolute atomic E-state index is 0.0859. The lowest BCUT2D eigenvalue weighted by Gasteiger charge is -2.27. The van der Waals surface area contributed by atoms with Crippen LogP contribution in [0.15, 0.2) is 36.4 Å². The number of phenolic OH excluding ortho intramolecular Hbond substituents is 1. The lowest BCUT2D eigenvalue weighted by atomic mass is 9.96.